The molecule has 0 radical (unpaired) electrons. The maximum atomic E-state index is 12.2. The van der Waals surface area contributed by atoms with Crippen molar-refractivity contribution in [2.24, 2.45) is 0 Å². The van der Waals surface area contributed by atoms with Crippen LogP contribution in [0.15, 0.2) is 42.5 Å². The van der Waals surface area contributed by atoms with Crippen LogP contribution in [0.25, 0.3) is 0 Å². The highest BCUT2D eigenvalue weighted by Crippen LogP contribution is 2.27. The Labute approximate surface area is 165 Å². The standard InChI is InChI=1S/C21H26N2O5/c1-15-6-4-7-17(12-15)28-11-5-10-22-20(24)14-23-21(25)16-8-9-18(26-2)19(13-16)27-3/h4,6-9,12-13H,5,10-11,14H2,1-3H3,(H,22,24)(H,23,25). The van der Waals surface area contributed by atoms with Gasteiger partial charge in [0, 0.05) is 12.1 Å². The highest BCUT2D eigenvalue weighted by atomic mass is 16.5. The zero-order valence-electron chi connectivity index (χ0n) is 16.4. The highest BCUT2D eigenvalue weighted by Gasteiger charge is 2.11. The summed E-state index contributed by atoms with van der Waals surface area (Å²) in [6.07, 6.45) is 0.670. The second-order valence-corrected chi connectivity index (χ2v) is 6.12. The number of ether oxygens (including phenoxy) is 3. The van der Waals surface area contributed by atoms with Crippen LogP contribution < -0.4 is 24.8 Å². The van der Waals surface area contributed by atoms with E-state index >= 15 is 0 Å². The summed E-state index contributed by atoms with van der Waals surface area (Å²) < 4.78 is 15.9. The van der Waals surface area contributed by atoms with E-state index in [1.165, 1.54) is 14.2 Å². The van der Waals surface area contributed by atoms with Crippen LogP contribution in [0.2, 0.25) is 0 Å². The third-order valence-corrected chi connectivity index (χ3v) is 3.96. The first-order valence-electron chi connectivity index (χ1n) is 9.00. The van der Waals surface area contributed by atoms with Crippen molar-refractivity contribution >= 4 is 11.8 Å². The molecule has 150 valence electrons. The normalized spacial score (nSPS) is 10.1. The molecular formula is C21H26N2O5. The smallest absolute Gasteiger partial charge is 0.251 e. The molecule has 0 saturated carbocycles. The SMILES string of the molecule is COc1ccc(C(=O)NCC(=O)NCCCOc2cccc(C)c2)cc1OC. The van der Waals surface area contributed by atoms with E-state index in [9.17, 15) is 9.59 Å². The van der Waals surface area contributed by atoms with Crippen LogP contribution >= 0.6 is 0 Å². The van der Waals surface area contributed by atoms with E-state index in [1.807, 2.05) is 31.2 Å². The van der Waals surface area contributed by atoms with Crippen molar-refractivity contribution in [2.45, 2.75) is 13.3 Å². The molecule has 0 spiro atoms. The van der Waals surface area contributed by atoms with Gasteiger partial charge in [-0.2, -0.15) is 0 Å². The molecule has 0 unspecified atom stereocenters. The molecule has 7 nitrogen and oxygen atoms in total. The van der Waals surface area contributed by atoms with Crippen LogP contribution in [0.5, 0.6) is 17.2 Å². The summed E-state index contributed by atoms with van der Waals surface area (Å²) in [7, 11) is 3.02. The number of nitrogens with one attached hydrogen (secondary N) is 2. The van der Waals surface area contributed by atoms with Gasteiger partial charge in [0.1, 0.15) is 5.75 Å². The molecule has 0 atom stereocenters. The van der Waals surface area contributed by atoms with E-state index in [4.69, 9.17) is 14.2 Å². The summed E-state index contributed by atoms with van der Waals surface area (Å²) in [5.41, 5.74) is 1.52. The van der Waals surface area contributed by atoms with Crippen LogP contribution in [0.1, 0.15) is 22.3 Å². The molecule has 2 aromatic carbocycles. The molecule has 0 fully saturated rings. The first-order chi connectivity index (χ1) is 13.5. The lowest BCUT2D eigenvalue weighted by Gasteiger charge is -2.10. The molecule has 0 saturated heterocycles. The molecule has 0 aliphatic carbocycles. The van der Waals surface area contributed by atoms with Crippen molar-refractivity contribution in [3.8, 4) is 17.2 Å². The summed E-state index contributed by atoms with van der Waals surface area (Å²) in [6.45, 7) is 2.87. The van der Waals surface area contributed by atoms with Gasteiger partial charge >= 0.3 is 0 Å². The van der Waals surface area contributed by atoms with Crippen molar-refractivity contribution in [3.63, 3.8) is 0 Å². The minimum absolute atomic E-state index is 0.105. The molecule has 7 heteroatoms. The molecule has 0 aliphatic heterocycles. The molecule has 0 bridgehead atoms. The Hall–Kier alpha value is -3.22. The lowest BCUT2D eigenvalue weighted by atomic mass is 10.2. The van der Waals surface area contributed by atoms with Gasteiger partial charge in [0.25, 0.3) is 5.91 Å². The minimum Gasteiger partial charge on any atom is -0.494 e. The minimum atomic E-state index is -0.362. The van der Waals surface area contributed by atoms with Gasteiger partial charge in [-0.25, -0.2) is 0 Å². The number of amides is 2. The van der Waals surface area contributed by atoms with Crippen molar-refractivity contribution in [1.29, 1.82) is 0 Å². The zero-order chi connectivity index (χ0) is 20.4. The van der Waals surface area contributed by atoms with Gasteiger partial charge in [-0.1, -0.05) is 12.1 Å². The van der Waals surface area contributed by atoms with E-state index < -0.39 is 0 Å². The Morgan fingerprint density at radius 1 is 0.964 bits per heavy atom. The number of hydrogen-bond donors (Lipinski definition) is 2. The lowest BCUT2D eigenvalue weighted by molar-refractivity contribution is -0.120. The third-order valence-electron chi connectivity index (χ3n) is 3.96. The molecule has 28 heavy (non-hydrogen) atoms. The fraction of sp³-hybridized carbons (Fsp3) is 0.333. The summed E-state index contributed by atoms with van der Waals surface area (Å²) in [4.78, 5) is 24.0. The lowest BCUT2D eigenvalue weighted by Crippen LogP contribution is -2.37. The Kier molecular flexibility index (Phi) is 8.14. The first kappa shape index (κ1) is 21.1. The molecule has 2 rings (SSSR count). The van der Waals surface area contributed by atoms with Crippen LogP contribution in [-0.2, 0) is 4.79 Å². The van der Waals surface area contributed by atoms with Gasteiger partial charge in [0.2, 0.25) is 5.91 Å². The first-order valence-corrected chi connectivity index (χ1v) is 9.00. The van der Waals surface area contributed by atoms with E-state index in [0.29, 0.717) is 36.6 Å². The number of benzene rings is 2. The summed E-state index contributed by atoms with van der Waals surface area (Å²) in [5, 5.41) is 5.33. The highest BCUT2D eigenvalue weighted by molar-refractivity contribution is 5.97. The second kappa shape index (κ2) is 10.8. The quantitative estimate of drug-likeness (QED) is 0.612. The number of rotatable bonds is 10. The molecule has 0 heterocycles. The average Bonchev–Trinajstić information content (AvgIpc) is 2.71. The maximum absolute atomic E-state index is 12.2. The Bertz CT molecular complexity index is 807. The van der Waals surface area contributed by atoms with Crippen LogP contribution in [0.4, 0.5) is 0 Å². The van der Waals surface area contributed by atoms with Crippen LogP contribution in [-0.4, -0.2) is 45.7 Å². The summed E-state index contributed by atoms with van der Waals surface area (Å²) >= 11 is 0. The predicted molar refractivity (Wildman–Crippen MR) is 106 cm³/mol. The topological polar surface area (TPSA) is 85.9 Å². The van der Waals surface area contributed by atoms with Crippen molar-refractivity contribution in [3.05, 3.63) is 53.6 Å². The summed E-state index contributed by atoms with van der Waals surface area (Å²) in [6, 6.07) is 12.6. The molecule has 2 aromatic rings. The fourth-order valence-corrected chi connectivity index (χ4v) is 2.50. The number of methoxy groups -OCH3 is 2. The molecule has 2 amide bonds. The van der Waals surface area contributed by atoms with Gasteiger partial charge in [0.05, 0.1) is 27.4 Å². The van der Waals surface area contributed by atoms with Crippen molar-refractivity contribution in [1.82, 2.24) is 10.6 Å². The molecule has 0 aromatic heterocycles. The molecule has 2 N–H and O–H groups in total. The number of carbonyl (C=O) groups excluding carboxylic acids is 2. The number of aryl methyl sites for hydroxylation is 1. The van der Waals surface area contributed by atoms with Gasteiger partial charge in [-0.05, 0) is 49.2 Å². The molecule has 0 aliphatic rings. The largest absolute Gasteiger partial charge is 0.494 e. The Morgan fingerprint density at radius 3 is 2.46 bits per heavy atom. The third kappa shape index (κ3) is 6.50. The average molecular weight is 386 g/mol. The molecular weight excluding hydrogens is 360 g/mol. The van der Waals surface area contributed by atoms with Crippen molar-refractivity contribution < 1.29 is 23.8 Å². The maximum Gasteiger partial charge on any atom is 0.251 e. The van der Waals surface area contributed by atoms with Gasteiger partial charge in [0.15, 0.2) is 11.5 Å². The Balaban J connectivity index is 1.67. The predicted octanol–water partition coefficient (Wildman–Crippen LogP) is 2.33. The van der Waals surface area contributed by atoms with E-state index in [-0.39, 0.29) is 18.4 Å². The van der Waals surface area contributed by atoms with E-state index in [2.05, 4.69) is 10.6 Å². The summed E-state index contributed by atoms with van der Waals surface area (Å²) in [5.74, 6) is 1.18. The second-order valence-electron chi connectivity index (χ2n) is 6.12. The van der Waals surface area contributed by atoms with Crippen molar-refractivity contribution in [2.75, 3.05) is 33.9 Å². The number of hydrogen-bond acceptors (Lipinski definition) is 5. The Morgan fingerprint density at radius 2 is 1.75 bits per heavy atom. The monoisotopic (exact) mass is 386 g/mol. The fourth-order valence-electron chi connectivity index (χ4n) is 2.50. The van der Waals surface area contributed by atoms with Crippen LogP contribution in [0, 0.1) is 6.92 Å². The zero-order valence-corrected chi connectivity index (χ0v) is 16.4. The number of carbonyl (C=O) groups is 2. The van der Waals surface area contributed by atoms with Crippen LogP contribution in [0.3, 0.4) is 0 Å². The van der Waals surface area contributed by atoms with Gasteiger partial charge in [-0.3, -0.25) is 9.59 Å². The van der Waals surface area contributed by atoms with E-state index in [0.717, 1.165) is 11.3 Å². The van der Waals surface area contributed by atoms with Gasteiger partial charge < -0.3 is 24.8 Å². The van der Waals surface area contributed by atoms with E-state index in [1.54, 1.807) is 18.2 Å². The van der Waals surface area contributed by atoms with Gasteiger partial charge in [-0.15, -0.1) is 0 Å².